The van der Waals surface area contributed by atoms with Gasteiger partial charge in [-0.1, -0.05) is 24.3 Å². The van der Waals surface area contributed by atoms with Crippen molar-refractivity contribution >= 4 is 5.82 Å². The third-order valence-electron chi connectivity index (χ3n) is 5.36. The molecule has 25 heavy (non-hydrogen) atoms. The molecule has 0 radical (unpaired) electrons. The molecular formula is C20H26N4O. The first-order chi connectivity index (χ1) is 12.3. The Morgan fingerprint density at radius 2 is 1.60 bits per heavy atom. The zero-order valence-corrected chi connectivity index (χ0v) is 14.9. The van der Waals surface area contributed by atoms with Crippen LogP contribution in [0.5, 0.6) is 0 Å². The molecule has 5 heteroatoms. The van der Waals surface area contributed by atoms with Crippen LogP contribution in [0.3, 0.4) is 0 Å². The second-order valence-corrected chi connectivity index (χ2v) is 6.92. The Morgan fingerprint density at radius 1 is 0.880 bits per heavy atom. The van der Waals surface area contributed by atoms with Gasteiger partial charge in [-0.15, -0.1) is 10.2 Å². The SMILES string of the molecule is CC(c1ccc(-c2ccc(N3CCCC3)nn2)cc1)N1CCOCC1. The van der Waals surface area contributed by atoms with Gasteiger partial charge in [0.15, 0.2) is 5.82 Å². The highest BCUT2D eigenvalue weighted by Gasteiger charge is 2.18. The van der Waals surface area contributed by atoms with E-state index in [0.29, 0.717) is 6.04 Å². The van der Waals surface area contributed by atoms with Crippen molar-refractivity contribution in [2.24, 2.45) is 0 Å². The van der Waals surface area contributed by atoms with E-state index in [1.807, 2.05) is 0 Å². The van der Waals surface area contributed by atoms with Crippen molar-refractivity contribution in [1.82, 2.24) is 15.1 Å². The summed E-state index contributed by atoms with van der Waals surface area (Å²) in [7, 11) is 0. The molecule has 132 valence electrons. The summed E-state index contributed by atoms with van der Waals surface area (Å²) in [6.45, 7) is 8.15. The molecule has 0 saturated carbocycles. The maximum atomic E-state index is 5.45. The first kappa shape index (κ1) is 16.5. The predicted octanol–water partition coefficient (Wildman–Crippen LogP) is 3.14. The molecule has 5 nitrogen and oxygen atoms in total. The topological polar surface area (TPSA) is 41.5 Å². The lowest BCUT2D eigenvalue weighted by atomic mass is 10.0. The van der Waals surface area contributed by atoms with E-state index in [2.05, 4.69) is 63.3 Å². The van der Waals surface area contributed by atoms with Crippen molar-refractivity contribution < 1.29 is 4.74 Å². The van der Waals surface area contributed by atoms with E-state index in [4.69, 9.17) is 4.74 Å². The lowest BCUT2D eigenvalue weighted by molar-refractivity contribution is 0.0198. The average Bonchev–Trinajstić information content (AvgIpc) is 3.23. The maximum Gasteiger partial charge on any atom is 0.151 e. The number of hydrogen-bond acceptors (Lipinski definition) is 5. The molecule has 0 aliphatic carbocycles. The Hall–Kier alpha value is -1.98. The van der Waals surface area contributed by atoms with Crippen molar-refractivity contribution in [3.63, 3.8) is 0 Å². The van der Waals surface area contributed by atoms with Gasteiger partial charge in [0.25, 0.3) is 0 Å². The van der Waals surface area contributed by atoms with Crippen molar-refractivity contribution in [3.8, 4) is 11.3 Å². The van der Waals surface area contributed by atoms with Crippen LogP contribution >= 0.6 is 0 Å². The molecule has 2 aromatic rings. The molecule has 1 atom stereocenters. The fourth-order valence-electron chi connectivity index (χ4n) is 3.70. The van der Waals surface area contributed by atoms with E-state index in [9.17, 15) is 0 Å². The van der Waals surface area contributed by atoms with E-state index in [0.717, 1.165) is 56.5 Å². The van der Waals surface area contributed by atoms with E-state index in [1.165, 1.54) is 18.4 Å². The van der Waals surface area contributed by atoms with E-state index in [1.54, 1.807) is 0 Å². The highest BCUT2D eigenvalue weighted by atomic mass is 16.5. The number of ether oxygens (including phenoxy) is 1. The molecule has 2 fully saturated rings. The van der Waals surface area contributed by atoms with E-state index in [-0.39, 0.29) is 0 Å². The van der Waals surface area contributed by atoms with E-state index < -0.39 is 0 Å². The zero-order chi connectivity index (χ0) is 17.1. The minimum Gasteiger partial charge on any atom is -0.379 e. The Bertz CT molecular complexity index is 674. The Morgan fingerprint density at radius 3 is 2.24 bits per heavy atom. The molecule has 0 bridgehead atoms. The third kappa shape index (κ3) is 3.67. The van der Waals surface area contributed by atoms with Crippen LogP contribution < -0.4 is 4.90 Å². The first-order valence-electron chi connectivity index (χ1n) is 9.32. The summed E-state index contributed by atoms with van der Waals surface area (Å²) in [5.74, 6) is 0.999. The van der Waals surface area contributed by atoms with Gasteiger partial charge in [-0.05, 0) is 37.5 Å². The van der Waals surface area contributed by atoms with Crippen LogP contribution in [-0.2, 0) is 4.74 Å². The predicted molar refractivity (Wildman–Crippen MR) is 99.7 cm³/mol. The summed E-state index contributed by atoms with van der Waals surface area (Å²) in [5.41, 5.74) is 3.40. The Kier molecular flexibility index (Phi) is 4.95. The van der Waals surface area contributed by atoms with Gasteiger partial charge in [-0.25, -0.2) is 0 Å². The van der Waals surface area contributed by atoms with Gasteiger partial charge in [0.05, 0.1) is 18.9 Å². The first-order valence-corrected chi connectivity index (χ1v) is 9.32. The fourth-order valence-corrected chi connectivity index (χ4v) is 3.70. The van der Waals surface area contributed by atoms with Gasteiger partial charge in [0.2, 0.25) is 0 Å². The summed E-state index contributed by atoms with van der Waals surface area (Å²) >= 11 is 0. The van der Waals surface area contributed by atoms with Crippen LogP contribution in [0.1, 0.15) is 31.4 Å². The molecule has 1 aromatic carbocycles. The van der Waals surface area contributed by atoms with Crippen LogP contribution in [-0.4, -0.2) is 54.5 Å². The van der Waals surface area contributed by atoms with Crippen LogP contribution in [0.2, 0.25) is 0 Å². The molecular weight excluding hydrogens is 312 g/mol. The van der Waals surface area contributed by atoms with Crippen LogP contribution in [0, 0.1) is 0 Å². The highest BCUT2D eigenvalue weighted by molar-refractivity contribution is 5.60. The molecule has 0 N–H and O–H groups in total. The van der Waals surface area contributed by atoms with Crippen molar-refractivity contribution in [1.29, 1.82) is 0 Å². The van der Waals surface area contributed by atoms with Gasteiger partial charge in [-0.2, -0.15) is 0 Å². The lowest BCUT2D eigenvalue weighted by Crippen LogP contribution is -2.37. The average molecular weight is 338 g/mol. The minimum absolute atomic E-state index is 0.418. The van der Waals surface area contributed by atoms with Crippen LogP contribution in [0.4, 0.5) is 5.82 Å². The van der Waals surface area contributed by atoms with Gasteiger partial charge in [0, 0.05) is 37.8 Å². The summed E-state index contributed by atoms with van der Waals surface area (Å²) in [5, 5.41) is 8.86. The van der Waals surface area contributed by atoms with Gasteiger partial charge in [-0.3, -0.25) is 4.90 Å². The second kappa shape index (κ2) is 7.50. The standard InChI is InChI=1S/C20H26N4O/c1-16(23-12-14-25-15-13-23)17-4-6-18(7-5-17)19-8-9-20(22-21-19)24-10-2-3-11-24/h4-9,16H,2-3,10-15H2,1H3. The molecule has 0 amide bonds. The normalized spacial score (nSPS) is 20.0. The van der Waals surface area contributed by atoms with Gasteiger partial charge < -0.3 is 9.64 Å². The summed E-state index contributed by atoms with van der Waals surface area (Å²) in [6, 6.07) is 13.3. The Labute approximate surface area is 149 Å². The number of aromatic nitrogens is 2. The van der Waals surface area contributed by atoms with Gasteiger partial charge in [0.1, 0.15) is 0 Å². The fraction of sp³-hybridized carbons (Fsp3) is 0.500. The number of benzene rings is 1. The highest BCUT2D eigenvalue weighted by Crippen LogP contribution is 2.25. The largest absolute Gasteiger partial charge is 0.379 e. The monoisotopic (exact) mass is 338 g/mol. The minimum atomic E-state index is 0.418. The lowest BCUT2D eigenvalue weighted by Gasteiger charge is -2.32. The molecule has 2 aliphatic heterocycles. The van der Waals surface area contributed by atoms with E-state index >= 15 is 0 Å². The zero-order valence-electron chi connectivity index (χ0n) is 14.9. The molecule has 4 rings (SSSR count). The number of rotatable bonds is 4. The van der Waals surface area contributed by atoms with Crippen LogP contribution in [0.25, 0.3) is 11.3 Å². The molecule has 1 unspecified atom stereocenters. The molecule has 2 aliphatic rings. The summed E-state index contributed by atoms with van der Waals surface area (Å²) in [6.07, 6.45) is 2.51. The number of anilines is 1. The molecule has 0 spiro atoms. The third-order valence-corrected chi connectivity index (χ3v) is 5.36. The van der Waals surface area contributed by atoms with Crippen molar-refractivity contribution in [2.45, 2.75) is 25.8 Å². The van der Waals surface area contributed by atoms with Gasteiger partial charge >= 0.3 is 0 Å². The number of morpholine rings is 1. The molecule has 2 saturated heterocycles. The molecule has 1 aromatic heterocycles. The van der Waals surface area contributed by atoms with Crippen molar-refractivity contribution in [3.05, 3.63) is 42.0 Å². The number of nitrogens with zero attached hydrogens (tertiary/aromatic N) is 4. The Balaban J connectivity index is 1.46. The summed E-state index contributed by atoms with van der Waals surface area (Å²) < 4.78 is 5.45. The van der Waals surface area contributed by atoms with Crippen LogP contribution in [0.15, 0.2) is 36.4 Å². The van der Waals surface area contributed by atoms with Crippen molar-refractivity contribution in [2.75, 3.05) is 44.3 Å². The quantitative estimate of drug-likeness (QED) is 0.857. The molecule has 3 heterocycles. The number of hydrogen-bond donors (Lipinski definition) is 0. The smallest absolute Gasteiger partial charge is 0.151 e. The summed E-state index contributed by atoms with van der Waals surface area (Å²) in [4.78, 5) is 4.78. The maximum absolute atomic E-state index is 5.45. The second-order valence-electron chi connectivity index (χ2n) is 6.92.